The van der Waals surface area contributed by atoms with Crippen molar-refractivity contribution in [1.82, 2.24) is 9.88 Å². The van der Waals surface area contributed by atoms with Crippen molar-refractivity contribution in [2.45, 2.75) is 19.1 Å². The van der Waals surface area contributed by atoms with Crippen LogP contribution in [-0.4, -0.2) is 29.1 Å². The molecule has 2 N–H and O–H groups in total. The van der Waals surface area contributed by atoms with Crippen LogP contribution in [0.15, 0.2) is 48.5 Å². The highest BCUT2D eigenvalue weighted by Gasteiger charge is 2.25. The zero-order valence-electron chi connectivity index (χ0n) is 14.2. The Bertz CT molecular complexity index is 947. The SMILES string of the molecule is Nc1ccc2cccc(OC3CCN(Cc4cccc(F)c4F)C3)c2n1. The molecule has 1 aliphatic rings. The van der Waals surface area contributed by atoms with E-state index in [4.69, 9.17) is 10.5 Å². The molecule has 0 radical (unpaired) electrons. The predicted octanol–water partition coefficient (Wildman–Crippen LogP) is 3.75. The lowest BCUT2D eigenvalue weighted by molar-refractivity contribution is 0.199. The molecule has 1 saturated heterocycles. The van der Waals surface area contributed by atoms with Crippen LogP contribution >= 0.6 is 0 Å². The van der Waals surface area contributed by atoms with Crippen molar-refractivity contribution >= 4 is 16.7 Å². The number of hydrogen-bond acceptors (Lipinski definition) is 4. The van der Waals surface area contributed by atoms with Crippen LogP contribution in [-0.2, 0) is 6.54 Å². The fraction of sp³-hybridized carbons (Fsp3) is 0.250. The smallest absolute Gasteiger partial charge is 0.163 e. The van der Waals surface area contributed by atoms with Gasteiger partial charge in [0, 0.05) is 30.6 Å². The first-order chi connectivity index (χ1) is 12.6. The van der Waals surface area contributed by atoms with Gasteiger partial charge in [-0.3, -0.25) is 4.90 Å². The molecule has 4 rings (SSSR count). The maximum Gasteiger partial charge on any atom is 0.163 e. The first-order valence-corrected chi connectivity index (χ1v) is 8.57. The Morgan fingerprint density at radius 1 is 1.12 bits per heavy atom. The van der Waals surface area contributed by atoms with E-state index < -0.39 is 11.6 Å². The summed E-state index contributed by atoms with van der Waals surface area (Å²) >= 11 is 0. The van der Waals surface area contributed by atoms with Gasteiger partial charge in [0.2, 0.25) is 0 Å². The number of ether oxygens (including phenoxy) is 1. The minimum atomic E-state index is -0.811. The zero-order chi connectivity index (χ0) is 18.1. The summed E-state index contributed by atoms with van der Waals surface area (Å²) in [6, 6.07) is 13.7. The molecular formula is C20H19F2N3O. The van der Waals surface area contributed by atoms with Gasteiger partial charge in [-0.1, -0.05) is 24.3 Å². The number of aromatic nitrogens is 1. The summed E-state index contributed by atoms with van der Waals surface area (Å²) in [5.41, 5.74) is 6.90. The molecule has 0 spiro atoms. The Labute approximate surface area is 150 Å². The number of para-hydroxylation sites is 1. The second kappa shape index (κ2) is 6.88. The van der Waals surface area contributed by atoms with E-state index in [2.05, 4.69) is 9.88 Å². The van der Waals surface area contributed by atoms with Crippen LogP contribution in [0.5, 0.6) is 5.75 Å². The maximum absolute atomic E-state index is 13.9. The molecule has 26 heavy (non-hydrogen) atoms. The van der Waals surface area contributed by atoms with E-state index in [1.807, 2.05) is 24.3 Å². The average Bonchev–Trinajstić information content (AvgIpc) is 3.06. The summed E-state index contributed by atoms with van der Waals surface area (Å²) in [5.74, 6) is -0.443. The van der Waals surface area contributed by atoms with E-state index >= 15 is 0 Å². The number of pyridine rings is 1. The molecule has 3 aromatic rings. The lowest BCUT2D eigenvalue weighted by Crippen LogP contribution is -2.25. The molecule has 1 fully saturated rings. The van der Waals surface area contributed by atoms with Crippen LogP contribution in [0.2, 0.25) is 0 Å². The molecule has 6 heteroatoms. The highest BCUT2D eigenvalue weighted by molar-refractivity contribution is 5.85. The molecule has 1 aliphatic heterocycles. The maximum atomic E-state index is 13.9. The van der Waals surface area contributed by atoms with E-state index in [-0.39, 0.29) is 6.10 Å². The highest BCUT2D eigenvalue weighted by Crippen LogP contribution is 2.28. The van der Waals surface area contributed by atoms with Crippen molar-refractivity contribution < 1.29 is 13.5 Å². The Balaban J connectivity index is 1.47. The molecule has 0 saturated carbocycles. The topological polar surface area (TPSA) is 51.4 Å². The quantitative estimate of drug-likeness (QED) is 0.774. The summed E-state index contributed by atoms with van der Waals surface area (Å²) in [6.07, 6.45) is 0.788. The molecule has 0 aliphatic carbocycles. The third-order valence-electron chi connectivity index (χ3n) is 4.65. The Morgan fingerprint density at radius 3 is 2.85 bits per heavy atom. The number of anilines is 1. The number of benzene rings is 2. The van der Waals surface area contributed by atoms with Gasteiger partial charge in [-0.25, -0.2) is 13.8 Å². The van der Waals surface area contributed by atoms with Gasteiger partial charge in [-0.2, -0.15) is 0 Å². The summed E-state index contributed by atoms with van der Waals surface area (Å²) in [5, 5.41) is 0.966. The van der Waals surface area contributed by atoms with Crippen molar-refractivity contribution in [3.63, 3.8) is 0 Å². The molecule has 0 amide bonds. The van der Waals surface area contributed by atoms with E-state index in [0.29, 0.717) is 30.2 Å². The minimum absolute atomic E-state index is 0.0274. The number of nitrogens with zero attached hydrogens (tertiary/aromatic N) is 2. The number of fused-ring (bicyclic) bond motifs is 1. The Kier molecular flexibility index (Phi) is 4.42. The summed E-state index contributed by atoms with van der Waals surface area (Å²) < 4.78 is 33.4. The number of nitrogens with two attached hydrogens (primary N) is 1. The fourth-order valence-electron chi connectivity index (χ4n) is 3.36. The lowest BCUT2D eigenvalue weighted by Gasteiger charge is -2.18. The molecule has 0 bridgehead atoms. The third kappa shape index (κ3) is 3.32. The molecule has 2 heterocycles. The van der Waals surface area contributed by atoms with Crippen molar-refractivity contribution in [2.24, 2.45) is 0 Å². The molecule has 134 valence electrons. The average molecular weight is 355 g/mol. The second-order valence-corrected chi connectivity index (χ2v) is 6.54. The van der Waals surface area contributed by atoms with Crippen LogP contribution < -0.4 is 10.5 Å². The van der Waals surface area contributed by atoms with Crippen LogP contribution in [0, 0.1) is 11.6 Å². The van der Waals surface area contributed by atoms with Gasteiger partial charge < -0.3 is 10.5 Å². The van der Waals surface area contributed by atoms with Crippen molar-refractivity contribution in [3.8, 4) is 5.75 Å². The van der Waals surface area contributed by atoms with Crippen LogP contribution in [0.4, 0.5) is 14.6 Å². The number of hydrogen-bond donors (Lipinski definition) is 1. The number of nitrogen functional groups attached to an aromatic ring is 1. The van der Waals surface area contributed by atoms with Gasteiger partial charge >= 0.3 is 0 Å². The number of halogens is 2. The standard InChI is InChI=1S/C20H19F2N3O/c21-16-5-1-4-14(19(16)22)11-25-10-9-15(12-25)26-17-6-2-3-13-7-8-18(23)24-20(13)17/h1-8,15H,9-12H2,(H2,23,24). The third-order valence-corrected chi connectivity index (χ3v) is 4.65. The van der Waals surface area contributed by atoms with Gasteiger partial charge in [-0.05, 0) is 30.7 Å². The zero-order valence-corrected chi connectivity index (χ0v) is 14.2. The summed E-state index contributed by atoms with van der Waals surface area (Å²) in [7, 11) is 0. The summed E-state index contributed by atoms with van der Waals surface area (Å²) in [6.45, 7) is 1.78. The number of likely N-dealkylation sites (tertiary alicyclic amines) is 1. The molecule has 4 nitrogen and oxygen atoms in total. The van der Waals surface area contributed by atoms with Crippen LogP contribution in [0.1, 0.15) is 12.0 Å². The van der Waals surface area contributed by atoms with Gasteiger partial charge in [0.1, 0.15) is 23.2 Å². The van der Waals surface area contributed by atoms with Crippen LogP contribution in [0.25, 0.3) is 10.9 Å². The van der Waals surface area contributed by atoms with E-state index in [0.717, 1.165) is 29.9 Å². The number of rotatable bonds is 4. The molecule has 2 aromatic carbocycles. The molecule has 1 atom stereocenters. The first-order valence-electron chi connectivity index (χ1n) is 8.57. The Hall–Kier alpha value is -2.73. The van der Waals surface area contributed by atoms with Gasteiger partial charge in [0.15, 0.2) is 11.6 Å². The second-order valence-electron chi connectivity index (χ2n) is 6.54. The van der Waals surface area contributed by atoms with Gasteiger partial charge in [0.05, 0.1) is 0 Å². The molecule has 1 unspecified atom stereocenters. The van der Waals surface area contributed by atoms with E-state index in [1.165, 1.54) is 6.07 Å². The highest BCUT2D eigenvalue weighted by atomic mass is 19.2. The van der Waals surface area contributed by atoms with Gasteiger partial charge in [0.25, 0.3) is 0 Å². The first kappa shape index (κ1) is 16.7. The normalized spacial score (nSPS) is 17.7. The molecule has 1 aromatic heterocycles. The van der Waals surface area contributed by atoms with Crippen LogP contribution in [0.3, 0.4) is 0 Å². The summed E-state index contributed by atoms with van der Waals surface area (Å²) in [4.78, 5) is 6.44. The Morgan fingerprint density at radius 2 is 1.96 bits per heavy atom. The van der Waals surface area contributed by atoms with Crippen molar-refractivity contribution in [1.29, 1.82) is 0 Å². The van der Waals surface area contributed by atoms with Crippen molar-refractivity contribution in [2.75, 3.05) is 18.8 Å². The van der Waals surface area contributed by atoms with E-state index in [9.17, 15) is 8.78 Å². The van der Waals surface area contributed by atoms with Crippen molar-refractivity contribution in [3.05, 3.63) is 65.7 Å². The fourth-order valence-corrected chi connectivity index (χ4v) is 3.36. The molecular weight excluding hydrogens is 336 g/mol. The lowest BCUT2D eigenvalue weighted by atomic mass is 10.2. The van der Waals surface area contributed by atoms with E-state index in [1.54, 1.807) is 12.1 Å². The minimum Gasteiger partial charge on any atom is -0.487 e. The largest absolute Gasteiger partial charge is 0.487 e. The predicted molar refractivity (Wildman–Crippen MR) is 96.8 cm³/mol. The monoisotopic (exact) mass is 355 g/mol. The van der Waals surface area contributed by atoms with Gasteiger partial charge in [-0.15, -0.1) is 0 Å².